The summed E-state index contributed by atoms with van der Waals surface area (Å²) < 4.78 is 12.4. The van der Waals surface area contributed by atoms with E-state index in [1.54, 1.807) is 0 Å². The maximum atomic E-state index is 11.9. The lowest BCUT2D eigenvalue weighted by molar-refractivity contribution is -0.130. The van der Waals surface area contributed by atoms with Crippen LogP contribution in [0.15, 0.2) is 0 Å². The Morgan fingerprint density at radius 3 is 2.40 bits per heavy atom. The van der Waals surface area contributed by atoms with Gasteiger partial charge in [-0.25, -0.2) is 0 Å². The van der Waals surface area contributed by atoms with E-state index >= 15 is 0 Å². The minimum Gasteiger partial charge on any atom is -0.403 e. The molecule has 3 aliphatic rings. The lowest BCUT2D eigenvalue weighted by atomic mass is 9.58. The van der Waals surface area contributed by atoms with Crippen molar-refractivity contribution in [1.29, 1.82) is 0 Å². The third-order valence-corrected chi connectivity index (χ3v) is 5.83. The molecule has 3 rings (SSSR count). The smallest absolute Gasteiger partial charge is 0.403 e. The van der Waals surface area contributed by atoms with E-state index in [1.807, 2.05) is 0 Å². The number of hydrogen-bond donors (Lipinski definition) is 1. The molecule has 0 aromatic carbocycles. The molecular formula is C15H26BNO3. The van der Waals surface area contributed by atoms with Gasteiger partial charge in [0.15, 0.2) is 0 Å². The fourth-order valence-electron chi connectivity index (χ4n) is 3.80. The highest BCUT2D eigenvalue weighted by Gasteiger charge is 2.55. The average Bonchev–Trinajstić information content (AvgIpc) is 2.58. The van der Waals surface area contributed by atoms with Gasteiger partial charge in [0.25, 0.3) is 0 Å². The predicted octanol–water partition coefficient (Wildman–Crippen LogP) is 2.39. The van der Waals surface area contributed by atoms with E-state index in [0.717, 1.165) is 32.2 Å². The van der Waals surface area contributed by atoms with Crippen LogP contribution in [0.5, 0.6) is 0 Å². The van der Waals surface area contributed by atoms with Gasteiger partial charge in [0.05, 0.1) is 11.2 Å². The molecule has 112 valence electrons. The Labute approximate surface area is 122 Å². The van der Waals surface area contributed by atoms with Gasteiger partial charge in [-0.3, -0.25) is 4.79 Å². The zero-order chi connectivity index (χ0) is 14.5. The average molecular weight is 279 g/mol. The Balaban J connectivity index is 1.67. The molecule has 1 saturated carbocycles. The van der Waals surface area contributed by atoms with E-state index in [1.165, 1.54) is 0 Å². The van der Waals surface area contributed by atoms with Gasteiger partial charge in [-0.15, -0.1) is 0 Å². The summed E-state index contributed by atoms with van der Waals surface area (Å²) >= 11 is 0. The Morgan fingerprint density at radius 1 is 1.10 bits per heavy atom. The number of piperidine rings is 1. The molecule has 2 aliphatic heterocycles. The first kappa shape index (κ1) is 14.4. The zero-order valence-corrected chi connectivity index (χ0v) is 13.1. The molecule has 3 fully saturated rings. The van der Waals surface area contributed by atoms with Gasteiger partial charge in [0.2, 0.25) is 5.91 Å². The fourth-order valence-corrected chi connectivity index (χ4v) is 3.80. The maximum absolute atomic E-state index is 11.9. The third kappa shape index (κ3) is 2.29. The highest BCUT2D eigenvalue weighted by atomic mass is 16.7. The third-order valence-electron chi connectivity index (χ3n) is 5.83. The Kier molecular flexibility index (Phi) is 3.41. The standard InChI is InChI=1S/C15H26BNO3/c1-14(2)15(3,4)20-16(19-14)11-5-6-12-10(9-11)7-8-17-13(12)18/h10-12H,5-9H2,1-4H3,(H,17,18). The number of rotatable bonds is 1. The van der Waals surface area contributed by atoms with Crippen LogP contribution in [0.4, 0.5) is 0 Å². The van der Waals surface area contributed by atoms with Crippen molar-refractivity contribution in [2.75, 3.05) is 6.54 Å². The second-order valence-corrected chi connectivity index (χ2v) is 7.64. The topological polar surface area (TPSA) is 47.6 Å². The van der Waals surface area contributed by atoms with Crippen molar-refractivity contribution in [1.82, 2.24) is 5.32 Å². The molecule has 0 aromatic rings. The van der Waals surface area contributed by atoms with Crippen molar-refractivity contribution in [2.45, 2.75) is 70.4 Å². The first-order valence-electron chi connectivity index (χ1n) is 7.93. The van der Waals surface area contributed by atoms with Crippen LogP contribution in [0.2, 0.25) is 5.82 Å². The maximum Gasteiger partial charge on any atom is 0.461 e. The van der Waals surface area contributed by atoms with E-state index in [9.17, 15) is 4.79 Å². The Bertz CT molecular complexity index is 394. The molecule has 2 saturated heterocycles. The highest BCUT2D eigenvalue weighted by Crippen LogP contribution is 2.47. The molecule has 5 heteroatoms. The summed E-state index contributed by atoms with van der Waals surface area (Å²) in [6, 6.07) is 0. The van der Waals surface area contributed by atoms with Crippen molar-refractivity contribution >= 4 is 13.0 Å². The lowest BCUT2D eigenvalue weighted by Crippen LogP contribution is -2.45. The summed E-state index contributed by atoms with van der Waals surface area (Å²) in [4.78, 5) is 11.9. The summed E-state index contributed by atoms with van der Waals surface area (Å²) in [7, 11) is -0.106. The summed E-state index contributed by atoms with van der Waals surface area (Å²) in [5.41, 5.74) is -0.503. The van der Waals surface area contributed by atoms with Crippen molar-refractivity contribution in [3.05, 3.63) is 0 Å². The number of hydrogen-bond acceptors (Lipinski definition) is 3. The van der Waals surface area contributed by atoms with Crippen LogP contribution < -0.4 is 5.32 Å². The number of amides is 1. The zero-order valence-electron chi connectivity index (χ0n) is 13.1. The highest BCUT2D eigenvalue weighted by molar-refractivity contribution is 6.47. The molecule has 1 N–H and O–H groups in total. The molecule has 0 bridgehead atoms. The van der Waals surface area contributed by atoms with E-state index < -0.39 is 0 Å². The second kappa shape index (κ2) is 4.74. The quantitative estimate of drug-likeness (QED) is 0.750. The normalized spacial score (nSPS) is 39.3. The minimum absolute atomic E-state index is 0.106. The molecular weight excluding hydrogens is 253 g/mol. The molecule has 0 spiro atoms. The number of nitrogens with one attached hydrogen (secondary N) is 1. The molecule has 3 atom stereocenters. The molecule has 0 aromatic heterocycles. The first-order chi connectivity index (χ1) is 9.30. The van der Waals surface area contributed by atoms with Gasteiger partial charge in [-0.1, -0.05) is 6.42 Å². The van der Waals surface area contributed by atoms with Gasteiger partial charge >= 0.3 is 7.12 Å². The largest absolute Gasteiger partial charge is 0.461 e. The Hall–Kier alpha value is -0.545. The first-order valence-corrected chi connectivity index (χ1v) is 7.93. The van der Waals surface area contributed by atoms with Gasteiger partial charge < -0.3 is 14.6 Å². The summed E-state index contributed by atoms with van der Waals surface area (Å²) in [5, 5.41) is 2.99. The summed E-state index contributed by atoms with van der Waals surface area (Å²) in [6.07, 6.45) is 4.18. The van der Waals surface area contributed by atoms with Crippen molar-refractivity contribution in [3.8, 4) is 0 Å². The van der Waals surface area contributed by atoms with E-state index in [0.29, 0.717) is 11.7 Å². The summed E-state index contributed by atoms with van der Waals surface area (Å²) in [6.45, 7) is 9.24. The number of fused-ring (bicyclic) bond motifs is 1. The molecule has 20 heavy (non-hydrogen) atoms. The molecule has 2 heterocycles. The van der Waals surface area contributed by atoms with Crippen molar-refractivity contribution in [2.24, 2.45) is 11.8 Å². The van der Waals surface area contributed by atoms with Crippen molar-refractivity contribution < 1.29 is 14.1 Å². The van der Waals surface area contributed by atoms with Crippen LogP contribution in [0.3, 0.4) is 0 Å². The van der Waals surface area contributed by atoms with Gasteiger partial charge in [-0.05, 0) is 58.7 Å². The van der Waals surface area contributed by atoms with Gasteiger partial charge in [0.1, 0.15) is 0 Å². The molecule has 1 aliphatic carbocycles. The number of carbonyl (C=O) groups excluding carboxylic acids is 1. The monoisotopic (exact) mass is 279 g/mol. The van der Waals surface area contributed by atoms with E-state index in [4.69, 9.17) is 9.31 Å². The van der Waals surface area contributed by atoms with E-state index in [-0.39, 0.29) is 30.1 Å². The van der Waals surface area contributed by atoms with Crippen LogP contribution in [0.1, 0.15) is 53.4 Å². The van der Waals surface area contributed by atoms with Crippen LogP contribution >= 0.6 is 0 Å². The Morgan fingerprint density at radius 2 is 1.75 bits per heavy atom. The molecule has 0 radical (unpaired) electrons. The van der Waals surface area contributed by atoms with Crippen molar-refractivity contribution in [3.63, 3.8) is 0 Å². The predicted molar refractivity (Wildman–Crippen MR) is 78.3 cm³/mol. The molecule has 4 nitrogen and oxygen atoms in total. The van der Waals surface area contributed by atoms with Crippen LogP contribution in [0.25, 0.3) is 0 Å². The van der Waals surface area contributed by atoms with E-state index in [2.05, 4.69) is 33.0 Å². The van der Waals surface area contributed by atoms with Gasteiger partial charge in [0, 0.05) is 12.5 Å². The fraction of sp³-hybridized carbons (Fsp3) is 0.933. The SMILES string of the molecule is CC1(C)OB(C2CCC3C(=O)NCCC3C2)OC1(C)C. The molecule has 1 amide bonds. The van der Waals surface area contributed by atoms with Gasteiger partial charge in [-0.2, -0.15) is 0 Å². The summed E-state index contributed by atoms with van der Waals surface area (Å²) in [5.74, 6) is 1.43. The van der Waals surface area contributed by atoms with Crippen LogP contribution in [0, 0.1) is 11.8 Å². The van der Waals surface area contributed by atoms with Crippen LogP contribution in [-0.2, 0) is 14.1 Å². The van der Waals surface area contributed by atoms with Crippen LogP contribution in [-0.4, -0.2) is 30.8 Å². The number of carbonyl (C=O) groups is 1. The second-order valence-electron chi connectivity index (χ2n) is 7.64. The molecule has 3 unspecified atom stereocenters. The lowest BCUT2D eigenvalue weighted by Gasteiger charge is -2.38. The minimum atomic E-state index is -0.252.